The highest BCUT2D eigenvalue weighted by Gasteiger charge is 2.29. The number of fused-ring (bicyclic) bond motifs is 1. The molecule has 2 heterocycles. The van der Waals surface area contributed by atoms with E-state index in [0.29, 0.717) is 23.3 Å². The first-order valence-corrected chi connectivity index (χ1v) is 8.41. The Hall–Kier alpha value is -1.93. The van der Waals surface area contributed by atoms with Crippen LogP contribution in [0.3, 0.4) is 0 Å². The molecule has 25 heavy (non-hydrogen) atoms. The molecule has 4 nitrogen and oxygen atoms in total. The molecule has 0 saturated carbocycles. The third kappa shape index (κ3) is 4.58. The maximum Gasteiger partial charge on any atom is 0.408 e. The lowest BCUT2D eigenvalue weighted by Gasteiger charge is -2.17. The molecular weight excluding hydrogens is 397 g/mol. The van der Waals surface area contributed by atoms with Gasteiger partial charge in [-0.1, -0.05) is 18.2 Å². The average Bonchev–Trinajstić information content (AvgIpc) is 2.85. The summed E-state index contributed by atoms with van der Waals surface area (Å²) in [5.41, 5.74) is 2.60. The molecule has 2 aromatic heterocycles. The van der Waals surface area contributed by atoms with Crippen LogP contribution in [0.15, 0.2) is 47.2 Å². The van der Waals surface area contributed by atoms with Crippen LogP contribution in [0, 0.1) is 0 Å². The SMILES string of the molecule is CN(Cc1nn(CC(F)(F)F)cc1Br)Cc1ccnc2ccccc12. The molecule has 0 N–H and O–H groups in total. The molecule has 0 aliphatic heterocycles. The maximum absolute atomic E-state index is 12.5. The summed E-state index contributed by atoms with van der Waals surface area (Å²) in [5.74, 6) is 0. The number of halogens is 4. The molecule has 0 saturated heterocycles. The molecule has 8 heteroatoms. The number of hydrogen-bond donors (Lipinski definition) is 0. The summed E-state index contributed by atoms with van der Waals surface area (Å²) >= 11 is 3.29. The van der Waals surface area contributed by atoms with Gasteiger partial charge in [-0.05, 0) is 40.7 Å². The van der Waals surface area contributed by atoms with Crippen molar-refractivity contribution < 1.29 is 13.2 Å². The second kappa shape index (κ2) is 7.13. The van der Waals surface area contributed by atoms with Gasteiger partial charge in [0.15, 0.2) is 0 Å². The van der Waals surface area contributed by atoms with Crippen molar-refractivity contribution in [2.24, 2.45) is 0 Å². The summed E-state index contributed by atoms with van der Waals surface area (Å²) in [6.07, 6.45) is -1.16. The molecule has 0 aliphatic rings. The van der Waals surface area contributed by atoms with Crippen LogP contribution in [-0.4, -0.2) is 32.9 Å². The van der Waals surface area contributed by atoms with Gasteiger partial charge in [0.05, 0.1) is 15.7 Å². The van der Waals surface area contributed by atoms with Gasteiger partial charge in [0, 0.05) is 30.9 Å². The van der Waals surface area contributed by atoms with Gasteiger partial charge in [0.1, 0.15) is 6.54 Å². The van der Waals surface area contributed by atoms with Crippen LogP contribution in [-0.2, 0) is 19.6 Å². The van der Waals surface area contributed by atoms with E-state index in [9.17, 15) is 13.2 Å². The first-order chi connectivity index (χ1) is 11.8. The largest absolute Gasteiger partial charge is 0.408 e. The standard InChI is InChI=1S/C17H16BrF3N4/c1-24(8-12-6-7-22-15-5-3-2-4-13(12)15)10-16-14(18)9-25(23-16)11-17(19,20)21/h2-7,9H,8,10-11H2,1H3. The van der Waals surface area contributed by atoms with Crippen LogP contribution in [0.25, 0.3) is 10.9 Å². The van der Waals surface area contributed by atoms with E-state index in [1.54, 1.807) is 6.20 Å². The Morgan fingerprint density at radius 3 is 2.68 bits per heavy atom. The molecule has 132 valence electrons. The number of pyridine rings is 1. The Kier molecular flexibility index (Phi) is 5.10. The number of rotatable bonds is 5. The first kappa shape index (κ1) is 17.9. The predicted molar refractivity (Wildman–Crippen MR) is 92.9 cm³/mol. The monoisotopic (exact) mass is 412 g/mol. The van der Waals surface area contributed by atoms with Gasteiger partial charge < -0.3 is 0 Å². The minimum atomic E-state index is -4.29. The third-order valence-electron chi connectivity index (χ3n) is 3.73. The Morgan fingerprint density at radius 2 is 1.92 bits per heavy atom. The molecule has 1 aromatic carbocycles. The molecule has 0 fully saturated rings. The van der Waals surface area contributed by atoms with Crippen molar-refractivity contribution in [1.82, 2.24) is 19.7 Å². The Bertz CT molecular complexity index is 870. The molecule has 0 bridgehead atoms. The Labute approximate surface area is 151 Å². The van der Waals surface area contributed by atoms with E-state index in [1.165, 1.54) is 6.20 Å². The Morgan fingerprint density at radius 1 is 1.16 bits per heavy atom. The molecule has 3 aromatic rings. The smallest absolute Gasteiger partial charge is 0.296 e. The van der Waals surface area contributed by atoms with Crippen LogP contribution in [0.1, 0.15) is 11.3 Å². The van der Waals surface area contributed by atoms with Gasteiger partial charge >= 0.3 is 6.18 Å². The fourth-order valence-electron chi connectivity index (χ4n) is 2.70. The van der Waals surface area contributed by atoms with Gasteiger partial charge in [-0.15, -0.1) is 0 Å². The molecule has 3 rings (SSSR count). The summed E-state index contributed by atoms with van der Waals surface area (Å²) in [5, 5.41) is 5.10. The van der Waals surface area contributed by atoms with Crippen molar-refractivity contribution in [2.45, 2.75) is 25.8 Å². The Balaban J connectivity index is 1.73. The van der Waals surface area contributed by atoms with Crippen molar-refractivity contribution in [1.29, 1.82) is 0 Å². The van der Waals surface area contributed by atoms with E-state index in [-0.39, 0.29) is 0 Å². The van der Waals surface area contributed by atoms with E-state index in [4.69, 9.17) is 0 Å². The van der Waals surface area contributed by atoms with E-state index >= 15 is 0 Å². The minimum Gasteiger partial charge on any atom is -0.296 e. The summed E-state index contributed by atoms with van der Waals surface area (Å²) in [6, 6.07) is 9.82. The van der Waals surface area contributed by atoms with Crippen molar-refractivity contribution >= 4 is 26.8 Å². The predicted octanol–water partition coefficient (Wildman–Crippen LogP) is 4.39. The normalized spacial score (nSPS) is 12.2. The van der Waals surface area contributed by atoms with Crippen LogP contribution < -0.4 is 0 Å². The lowest BCUT2D eigenvalue weighted by molar-refractivity contribution is -0.142. The fourth-order valence-corrected chi connectivity index (χ4v) is 3.15. The van der Waals surface area contributed by atoms with Gasteiger partial charge in [-0.3, -0.25) is 14.6 Å². The quantitative estimate of drug-likeness (QED) is 0.623. The van der Waals surface area contributed by atoms with Crippen molar-refractivity contribution in [3.63, 3.8) is 0 Å². The fraction of sp³-hybridized carbons (Fsp3) is 0.294. The van der Waals surface area contributed by atoms with E-state index in [0.717, 1.165) is 21.1 Å². The second-order valence-corrected chi connectivity index (χ2v) is 6.75. The lowest BCUT2D eigenvalue weighted by atomic mass is 10.1. The van der Waals surface area contributed by atoms with Crippen molar-refractivity contribution in [3.05, 3.63) is 58.5 Å². The molecule has 0 amide bonds. The average molecular weight is 413 g/mol. The number of nitrogens with zero attached hydrogens (tertiary/aromatic N) is 4. The zero-order chi connectivity index (χ0) is 18.0. The third-order valence-corrected chi connectivity index (χ3v) is 4.39. The van der Waals surface area contributed by atoms with Gasteiger partial charge in [-0.2, -0.15) is 18.3 Å². The topological polar surface area (TPSA) is 34.0 Å². The van der Waals surface area contributed by atoms with E-state index in [2.05, 4.69) is 26.0 Å². The molecule has 0 unspecified atom stereocenters. The summed E-state index contributed by atoms with van der Waals surface area (Å²) in [4.78, 5) is 6.34. The number of aromatic nitrogens is 3. The zero-order valence-electron chi connectivity index (χ0n) is 13.5. The van der Waals surface area contributed by atoms with Crippen LogP contribution in [0.2, 0.25) is 0 Å². The summed E-state index contributed by atoms with van der Waals surface area (Å²) in [7, 11) is 1.91. The number of benzene rings is 1. The molecule has 0 aliphatic carbocycles. The van der Waals surface area contributed by atoms with Crippen molar-refractivity contribution in [3.8, 4) is 0 Å². The summed E-state index contributed by atoms with van der Waals surface area (Å²) in [6.45, 7) is -0.0198. The van der Waals surface area contributed by atoms with Crippen LogP contribution >= 0.6 is 15.9 Å². The van der Waals surface area contributed by atoms with Gasteiger partial charge in [-0.25, -0.2) is 0 Å². The van der Waals surface area contributed by atoms with Gasteiger partial charge in [0.2, 0.25) is 0 Å². The molecule has 0 spiro atoms. The highest BCUT2D eigenvalue weighted by molar-refractivity contribution is 9.10. The highest BCUT2D eigenvalue weighted by atomic mass is 79.9. The van der Waals surface area contributed by atoms with E-state index < -0.39 is 12.7 Å². The molecule has 0 atom stereocenters. The number of alkyl halides is 3. The van der Waals surface area contributed by atoms with Gasteiger partial charge in [0.25, 0.3) is 0 Å². The van der Waals surface area contributed by atoms with Crippen LogP contribution in [0.5, 0.6) is 0 Å². The first-order valence-electron chi connectivity index (χ1n) is 7.61. The molecule has 0 radical (unpaired) electrons. The van der Waals surface area contributed by atoms with Crippen LogP contribution in [0.4, 0.5) is 13.2 Å². The highest BCUT2D eigenvalue weighted by Crippen LogP contribution is 2.23. The summed E-state index contributed by atoms with van der Waals surface area (Å²) < 4.78 is 38.9. The van der Waals surface area contributed by atoms with Crippen molar-refractivity contribution in [2.75, 3.05) is 7.05 Å². The second-order valence-electron chi connectivity index (χ2n) is 5.90. The minimum absolute atomic E-state index is 0.433. The number of hydrogen-bond acceptors (Lipinski definition) is 3. The molecular formula is C17H16BrF3N4. The van der Waals surface area contributed by atoms with E-state index in [1.807, 2.05) is 42.3 Å². The maximum atomic E-state index is 12.5. The number of para-hydroxylation sites is 1. The zero-order valence-corrected chi connectivity index (χ0v) is 15.0. The lowest BCUT2D eigenvalue weighted by Crippen LogP contribution is -2.20.